The van der Waals surface area contributed by atoms with E-state index in [0.29, 0.717) is 45.6 Å². The minimum absolute atomic E-state index is 0.0373. The lowest BCUT2D eigenvalue weighted by molar-refractivity contribution is -0.149. The minimum atomic E-state index is -0.742. The van der Waals surface area contributed by atoms with Crippen molar-refractivity contribution in [2.24, 2.45) is 11.3 Å². The molecule has 2 fully saturated rings. The molecule has 1 saturated heterocycles. The second-order valence-corrected chi connectivity index (χ2v) is 7.18. The van der Waals surface area contributed by atoms with E-state index in [9.17, 15) is 14.7 Å². The third kappa shape index (κ3) is 3.79. The average molecular weight is 361 g/mol. The zero-order valence-corrected chi connectivity index (χ0v) is 15.3. The van der Waals surface area contributed by atoms with Crippen molar-refractivity contribution >= 4 is 11.9 Å². The van der Waals surface area contributed by atoms with E-state index >= 15 is 0 Å². The Bertz CT molecular complexity index is 644. The lowest BCUT2D eigenvalue weighted by atomic mass is 9.81. The van der Waals surface area contributed by atoms with Crippen LogP contribution in [-0.2, 0) is 9.59 Å². The maximum atomic E-state index is 12.4. The zero-order chi connectivity index (χ0) is 18.6. The van der Waals surface area contributed by atoms with E-state index in [1.165, 1.54) is 0 Å². The fourth-order valence-electron chi connectivity index (χ4n) is 4.20. The van der Waals surface area contributed by atoms with E-state index in [1.807, 2.05) is 31.2 Å². The minimum Gasteiger partial charge on any atom is -0.494 e. The number of fused-ring (bicyclic) bond motifs is 1. The summed E-state index contributed by atoms with van der Waals surface area (Å²) in [6.07, 6.45) is 3.57. The van der Waals surface area contributed by atoms with Crippen molar-refractivity contribution in [3.8, 4) is 11.5 Å². The average Bonchev–Trinajstić information content (AvgIpc) is 3.19. The third-order valence-corrected chi connectivity index (χ3v) is 5.59. The van der Waals surface area contributed by atoms with Crippen molar-refractivity contribution in [1.29, 1.82) is 0 Å². The fourth-order valence-corrected chi connectivity index (χ4v) is 4.20. The van der Waals surface area contributed by atoms with Crippen molar-refractivity contribution in [2.75, 3.05) is 26.3 Å². The highest BCUT2D eigenvalue weighted by atomic mass is 16.5. The Balaban J connectivity index is 1.41. The van der Waals surface area contributed by atoms with Gasteiger partial charge in [-0.15, -0.1) is 0 Å². The van der Waals surface area contributed by atoms with Crippen LogP contribution in [0.4, 0.5) is 0 Å². The molecule has 0 unspecified atom stereocenters. The van der Waals surface area contributed by atoms with Gasteiger partial charge in [-0.2, -0.15) is 0 Å². The van der Waals surface area contributed by atoms with Crippen LogP contribution in [0, 0.1) is 11.3 Å². The van der Waals surface area contributed by atoms with Crippen LogP contribution in [0.15, 0.2) is 24.3 Å². The number of nitrogens with zero attached hydrogens (tertiary/aromatic N) is 1. The number of hydrogen-bond acceptors (Lipinski definition) is 4. The number of benzene rings is 1. The molecule has 0 spiro atoms. The Morgan fingerprint density at radius 3 is 2.54 bits per heavy atom. The topological polar surface area (TPSA) is 76.1 Å². The van der Waals surface area contributed by atoms with Crippen LogP contribution in [0.5, 0.6) is 11.5 Å². The molecule has 2 aliphatic rings. The maximum absolute atomic E-state index is 12.4. The molecule has 0 aromatic heterocycles. The summed E-state index contributed by atoms with van der Waals surface area (Å²) in [6, 6.07) is 7.42. The summed E-state index contributed by atoms with van der Waals surface area (Å²) in [6.45, 7) is 3.98. The molecule has 3 rings (SSSR count). The van der Waals surface area contributed by atoms with Gasteiger partial charge < -0.3 is 19.5 Å². The van der Waals surface area contributed by atoms with Gasteiger partial charge in [0, 0.05) is 19.5 Å². The summed E-state index contributed by atoms with van der Waals surface area (Å²) >= 11 is 0. The molecule has 0 bridgehead atoms. The van der Waals surface area contributed by atoms with Crippen LogP contribution in [0.3, 0.4) is 0 Å². The molecule has 1 aliphatic carbocycles. The van der Waals surface area contributed by atoms with Crippen LogP contribution in [-0.4, -0.2) is 48.2 Å². The van der Waals surface area contributed by atoms with Gasteiger partial charge in [-0.3, -0.25) is 9.59 Å². The number of carbonyl (C=O) groups is 2. The van der Waals surface area contributed by atoms with Gasteiger partial charge in [0.2, 0.25) is 5.91 Å². The normalized spacial score (nSPS) is 24.3. The van der Waals surface area contributed by atoms with Gasteiger partial charge in [0.15, 0.2) is 0 Å². The van der Waals surface area contributed by atoms with E-state index in [2.05, 4.69) is 0 Å². The number of rotatable bonds is 8. The van der Waals surface area contributed by atoms with E-state index in [1.54, 1.807) is 4.90 Å². The summed E-state index contributed by atoms with van der Waals surface area (Å²) in [5.41, 5.74) is -0.700. The van der Waals surface area contributed by atoms with Crippen LogP contribution >= 0.6 is 0 Å². The highest BCUT2D eigenvalue weighted by molar-refractivity contribution is 5.81. The molecule has 6 nitrogen and oxygen atoms in total. The van der Waals surface area contributed by atoms with Crippen LogP contribution in [0.2, 0.25) is 0 Å². The molecule has 1 aromatic carbocycles. The molecule has 1 aromatic rings. The molecule has 1 heterocycles. The summed E-state index contributed by atoms with van der Waals surface area (Å²) in [5, 5.41) is 9.60. The van der Waals surface area contributed by atoms with Gasteiger partial charge in [-0.1, -0.05) is 6.42 Å². The summed E-state index contributed by atoms with van der Waals surface area (Å²) in [5.74, 6) is 0.969. The number of carboxylic acid groups (broad SMARTS) is 1. The second-order valence-electron chi connectivity index (χ2n) is 7.18. The predicted octanol–water partition coefficient (Wildman–Crippen LogP) is 2.96. The van der Waals surface area contributed by atoms with Crippen molar-refractivity contribution < 1.29 is 24.2 Å². The van der Waals surface area contributed by atoms with Gasteiger partial charge in [-0.25, -0.2) is 0 Å². The standard InChI is InChI=1S/C20H27NO5/c1-2-25-16-7-9-17(10-8-16)26-12-4-6-18(22)21-13-15-5-3-11-20(15,14-21)19(23)24/h7-10,15H,2-6,11-14H2,1H3,(H,23,24)/t15-,20+/m0/s1. The molecule has 1 N–H and O–H groups in total. The lowest BCUT2D eigenvalue weighted by Gasteiger charge is -2.23. The number of aliphatic carboxylic acids is 1. The third-order valence-electron chi connectivity index (χ3n) is 5.59. The smallest absolute Gasteiger partial charge is 0.311 e. The van der Waals surface area contributed by atoms with Crippen LogP contribution in [0.25, 0.3) is 0 Å². The Labute approximate surface area is 154 Å². The molecule has 142 valence electrons. The number of ether oxygens (including phenoxy) is 2. The number of likely N-dealkylation sites (tertiary alicyclic amines) is 1. The molecule has 1 aliphatic heterocycles. The molecular formula is C20H27NO5. The lowest BCUT2D eigenvalue weighted by Crippen LogP contribution is -2.37. The first-order valence-electron chi connectivity index (χ1n) is 9.42. The first-order valence-corrected chi connectivity index (χ1v) is 9.42. The maximum Gasteiger partial charge on any atom is 0.311 e. The molecule has 1 saturated carbocycles. The second kappa shape index (κ2) is 7.98. The van der Waals surface area contributed by atoms with E-state index < -0.39 is 11.4 Å². The SMILES string of the molecule is CCOc1ccc(OCCCC(=O)N2C[C@@H]3CCC[C@@]3(C(=O)O)C2)cc1. The highest BCUT2D eigenvalue weighted by Gasteiger charge is 2.55. The van der Waals surface area contributed by atoms with Gasteiger partial charge in [0.25, 0.3) is 0 Å². The number of carbonyl (C=O) groups excluding carboxylic acids is 1. The molecule has 1 amide bonds. The van der Waals surface area contributed by atoms with E-state index in [4.69, 9.17) is 9.47 Å². The van der Waals surface area contributed by atoms with Crippen molar-refractivity contribution in [3.05, 3.63) is 24.3 Å². The Morgan fingerprint density at radius 1 is 1.23 bits per heavy atom. The molecule has 2 atom stereocenters. The highest BCUT2D eigenvalue weighted by Crippen LogP contribution is 2.48. The zero-order valence-electron chi connectivity index (χ0n) is 15.3. The van der Waals surface area contributed by atoms with Crippen molar-refractivity contribution in [1.82, 2.24) is 4.90 Å². The Hall–Kier alpha value is -2.24. The fraction of sp³-hybridized carbons (Fsp3) is 0.600. The van der Waals surface area contributed by atoms with Gasteiger partial charge in [0.05, 0.1) is 18.6 Å². The Morgan fingerprint density at radius 2 is 1.92 bits per heavy atom. The molecule has 0 radical (unpaired) electrons. The van der Waals surface area contributed by atoms with Gasteiger partial charge in [0.1, 0.15) is 11.5 Å². The van der Waals surface area contributed by atoms with Gasteiger partial charge >= 0.3 is 5.97 Å². The number of amides is 1. The number of hydrogen-bond donors (Lipinski definition) is 1. The predicted molar refractivity (Wildman–Crippen MR) is 96.3 cm³/mol. The van der Waals surface area contributed by atoms with Crippen LogP contribution in [0.1, 0.15) is 39.0 Å². The van der Waals surface area contributed by atoms with Crippen LogP contribution < -0.4 is 9.47 Å². The van der Waals surface area contributed by atoms with E-state index in [0.717, 1.165) is 24.3 Å². The van der Waals surface area contributed by atoms with E-state index in [-0.39, 0.29) is 11.8 Å². The quantitative estimate of drug-likeness (QED) is 0.721. The first kappa shape index (κ1) is 18.5. The van der Waals surface area contributed by atoms with Crippen molar-refractivity contribution in [2.45, 2.75) is 39.0 Å². The van der Waals surface area contributed by atoms with Crippen molar-refractivity contribution in [3.63, 3.8) is 0 Å². The first-order chi connectivity index (χ1) is 12.5. The number of carboxylic acids is 1. The summed E-state index contributed by atoms with van der Waals surface area (Å²) in [4.78, 5) is 25.9. The molecular weight excluding hydrogens is 334 g/mol. The monoisotopic (exact) mass is 361 g/mol. The largest absolute Gasteiger partial charge is 0.494 e. The molecule has 26 heavy (non-hydrogen) atoms. The Kier molecular flexibility index (Phi) is 5.69. The summed E-state index contributed by atoms with van der Waals surface area (Å²) in [7, 11) is 0. The molecule has 6 heteroatoms. The van der Waals surface area contributed by atoms with Gasteiger partial charge in [-0.05, 0) is 56.4 Å². The summed E-state index contributed by atoms with van der Waals surface area (Å²) < 4.78 is 11.0.